The van der Waals surface area contributed by atoms with E-state index >= 15 is 0 Å². The molecular formula is C20H19ClN2O4. The average molecular weight is 387 g/mol. The molecule has 0 fully saturated rings. The highest BCUT2D eigenvalue weighted by atomic mass is 35.5. The van der Waals surface area contributed by atoms with E-state index in [4.69, 9.17) is 14.2 Å². The standard InChI is InChI=1S/C20H18N2O4.ClH/c1-24-17-8-10-19(11-9-17)26-20(23)22-16-4-6-18(7-5-16)25-14-15-3-2-12-21-13-15;/h2-13H,14H2,1H3,(H,22,23);1H. The summed E-state index contributed by atoms with van der Waals surface area (Å²) in [5.74, 6) is 1.84. The third-order valence-electron chi connectivity index (χ3n) is 3.55. The van der Waals surface area contributed by atoms with Gasteiger partial charge in [-0.2, -0.15) is 0 Å². The van der Waals surface area contributed by atoms with Crippen molar-refractivity contribution in [1.82, 2.24) is 0 Å². The fourth-order valence-electron chi connectivity index (χ4n) is 2.22. The van der Waals surface area contributed by atoms with E-state index in [9.17, 15) is 4.79 Å². The molecule has 3 rings (SSSR count). The first-order valence-electron chi connectivity index (χ1n) is 8.04. The zero-order chi connectivity index (χ0) is 18.2. The first kappa shape index (κ1) is 20.1. The Hall–Kier alpha value is -3.25. The number of ether oxygens (including phenoxy) is 3. The molecular weight excluding hydrogens is 368 g/mol. The topological polar surface area (TPSA) is 70.9 Å². The van der Waals surface area contributed by atoms with Crippen LogP contribution in [0.25, 0.3) is 0 Å². The van der Waals surface area contributed by atoms with Crippen molar-refractivity contribution < 1.29 is 36.4 Å². The molecule has 6 nitrogen and oxygen atoms in total. The van der Waals surface area contributed by atoms with Gasteiger partial charge in [0.25, 0.3) is 0 Å². The van der Waals surface area contributed by atoms with E-state index in [1.54, 1.807) is 55.6 Å². The molecule has 0 unspecified atom stereocenters. The van der Waals surface area contributed by atoms with Gasteiger partial charge < -0.3 is 26.6 Å². The van der Waals surface area contributed by atoms with Crippen molar-refractivity contribution in [2.24, 2.45) is 0 Å². The van der Waals surface area contributed by atoms with Crippen LogP contribution in [0.3, 0.4) is 0 Å². The van der Waals surface area contributed by atoms with Crippen molar-refractivity contribution in [3.8, 4) is 17.2 Å². The lowest BCUT2D eigenvalue weighted by Crippen LogP contribution is -3.00. The Balaban J connectivity index is 0.00000261. The zero-order valence-electron chi connectivity index (χ0n) is 14.6. The molecule has 1 amide bonds. The number of anilines is 1. The maximum atomic E-state index is 11.9. The van der Waals surface area contributed by atoms with Gasteiger partial charge in [-0.25, -0.2) is 9.78 Å². The van der Waals surface area contributed by atoms with E-state index < -0.39 is 6.09 Å². The van der Waals surface area contributed by atoms with Crippen LogP contribution in [0.5, 0.6) is 17.2 Å². The fourth-order valence-corrected chi connectivity index (χ4v) is 2.22. The Kier molecular flexibility index (Phi) is 7.46. The molecule has 1 aromatic heterocycles. The van der Waals surface area contributed by atoms with Gasteiger partial charge in [0.1, 0.15) is 23.9 Å². The second kappa shape index (κ2) is 10.0. The zero-order valence-corrected chi connectivity index (χ0v) is 15.4. The van der Waals surface area contributed by atoms with Crippen molar-refractivity contribution in [3.05, 3.63) is 78.6 Å². The summed E-state index contributed by atoms with van der Waals surface area (Å²) in [6.45, 7) is 0.462. The first-order chi connectivity index (χ1) is 12.7. The Morgan fingerprint density at radius 3 is 2.26 bits per heavy atom. The largest absolute Gasteiger partial charge is 1.00 e. The minimum Gasteiger partial charge on any atom is -1.00 e. The number of aromatic amines is 1. The van der Waals surface area contributed by atoms with E-state index in [-0.39, 0.29) is 12.4 Å². The maximum absolute atomic E-state index is 11.9. The Bertz CT molecular complexity index is 840. The predicted octanol–water partition coefficient (Wildman–Crippen LogP) is 0.703. The van der Waals surface area contributed by atoms with Crippen LogP contribution in [0.2, 0.25) is 0 Å². The van der Waals surface area contributed by atoms with Gasteiger partial charge in [-0.15, -0.1) is 0 Å². The molecule has 7 heteroatoms. The van der Waals surface area contributed by atoms with Crippen molar-refractivity contribution in [2.45, 2.75) is 6.61 Å². The van der Waals surface area contributed by atoms with E-state index in [2.05, 4.69) is 10.3 Å². The van der Waals surface area contributed by atoms with Crippen molar-refractivity contribution in [2.75, 3.05) is 12.4 Å². The van der Waals surface area contributed by atoms with Crippen LogP contribution in [0.15, 0.2) is 73.1 Å². The second-order valence-electron chi connectivity index (χ2n) is 5.41. The van der Waals surface area contributed by atoms with Gasteiger partial charge in [-0.05, 0) is 54.6 Å². The molecule has 2 N–H and O–H groups in total. The van der Waals surface area contributed by atoms with Gasteiger partial charge >= 0.3 is 6.09 Å². The number of hydrogen-bond acceptors (Lipinski definition) is 4. The Morgan fingerprint density at radius 2 is 1.63 bits per heavy atom. The molecule has 0 aliphatic rings. The molecule has 0 spiro atoms. The van der Waals surface area contributed by atoms with E-state index in [1.165, 1.54) is 0 Å². The number of carbonyl (C=O) groups excluding carboxylic acids is 1. The van der Waals surface area contributed by atoms with Crippen LogP contribution in [0.1, 0.15) is 5.56 Å². The van der Waals surface area contributed by atoms with Crippen LogP contribution < -0.4 is 36.9 Å². The highest BCUT2D eigenvalue weighted by Gasteiger charge is 2.06. The summed E-state index contributed by atoms with van der Waals surface area (Å²) in [7, 11) is 1.58. The molecule has 0 radical (unpaired) electrons. The first-order valence-corrected chi connectivity index (χ1v) is 8.04. The third kappa shape index (κ3) is 6.20. The summed E-state index contributed by atoms with van der Waals surface area (Å²) in [6.07, 6.45) is 3.16. The van der Waals surface area contributed by atoms with Crippen molar-refractivity contribution >= 4 is 11.8 Å². The van der Waals surface area contributed by atoms with Crippen LogP contribution in [0.4, 0.5) is 10.5 Å². The number of methoxy groups -OCH3 is 1. The van der Waals surface area contributed by atoms with Crippen molar-refractivity contribution in [3.63, 3.8) is 0 Å². The summed E-state index contributed by atoms with van der Waals surface area (Å²) in [6, 6.07) is 17.7. The smallest absolute Gasteiger partial charge is 0.417 e. The molecule has 0 bridgehead atoms. The number of carbonyl (C=O) groups is 1. The van der Waals surface area contributed by atoms with Gasteiger partial charge in [-0.1, -0.05) is 0 Å². The number of H-pyrrole nitrogens is 1. The number of pyridine rings is 1. The third-order valence-corrected chi connectivity index (χ3v) is 3.55. The highest BCUT2D eigenvalue weighted by molar-refractivity contribution is 5.86. The molecule has 0 aliphatic heterocycles. The van der Waals surface area contributed by atoms with Gasteiger partial charge in [-0.3, -0.25) is 5.32 Å². The molecule has 140 valence electrons. The average Bonchev–Trinajstić information content (AvgIpc) is 2.69. The van der Waals surface area contributed by atoms with Crippen LogP contribution >= 0.6 is 0 Å². The van der Waals surface area contributed by atoms with E-state index in [0.717, 1.165) is 5.56 Å². The van der Waals surface area contributed by atoms with Gasteiger partial charge in [0.2, 0.25) is 0 Å². The molecule has 0 aliphatic carbocycles. The molecule has 3 aromatic rings. The molecule has 0 saturated carbocycles. The molecule has 2 aromatic carbocycles. The predicted molar refractivity (Wildman–Crippen MR) is 96.4 cm³/mol. The molecule has 0 atom stereocenters. The minimum absolute atomic E-state index is 0. The lowest BCUT2D eigenvalue weighted by Gasteiger charge is -2.09. The Morgan fingerprint density at radius 1 is 0.963 bits per heavy atom. The Labute approximate surface area is 163 Å². The SMILES string of the molecule is COc1ccc(OC(=O)Nc2ccc(OCc3ccc[nH+]c3)cc2)cc1.[Cl-]. The van der Waals surface area contributed by atoms with E-state index in [1.807, 2.05) is 24.5 Å². The summed E-state index contributed by atoms with van der Waals surface area (Å²) in [5, 5.41) is 2.67. The normalized spacial score (nSPS) is 9.67. The maximum Gasteiger partial charge on any atom is 0.417 e. The number of nitrogens with one attached hydrogen (secondary N) is 2. The minimum atomic E-state index is -0.566. The van der Waals surface area contributed by atoms with E-state index in [0.29, 0.717) is 29.5 Å². The van der Waals surface area contributed by atoms with Crippen LogP contribution in [0, 0.1) is 0 Å². The number of rotatable bonds is 6. The van der Waals surface area contributed by atoms with Crippen molar-refractivity contribution in [1.29, 1.82) is 0 Å². The molecule has 1 heterocycles. The number of amides is 1. The van der Waals surface area contributed by atoms with Gasteiger partial charge in [0.05, 0.1) is 12.7 Å². The quantitative estimate of drug-likeness (QED) is 0.677. The highest BCUT2D eigenvalue weighted by Crippen LogP contribution is 2.19. The number of halogens is 1. The summed E-state index contributed by atoms with van der Waals surface area (Å²) < 4.78 is 16.0. The number of aromatic nitrogens is 1. The monoisotopic (exact) mass is 386 g/mol. The van der Waals surface area contributed by atoms with Gasteiger partial charge in [0.15, 0.2) is 12.4 Å². The summed E-state index contributed by atoms with van der Waals surface area (Å²) >= 11 is 0. The molecule has 27 heavy (non-hydrogen) atoms. The summed E-state index contributed by atoms with van der Waals surface area (Å²) in [4.78, 5) is 14.9. The lowest BCUT2D eigenvalue weighted by molar-refractivity contribution is -0.378. The van der Waals surface area contributed by atoms with Gasteiger partial charge in [0, 0.05) is 11.8 Å². The fraction of sp³-hybridized carbons (Fsp3) is 0.100. The molecule has 0 saturated heterocycles. The lowest BCUT2D eigenvalue weighted by atomic mass is 10.3. The number of benzene rings is 2. The van der Waals surface area contributed by atoms with Crippen LogP contribution in [-0.4, -0.2) is 13.2 Å². The number of hydrogen-bond donors (Lipinski definition) is 1. The van der Waals surface area contributed by atoms with Crippen LogP contribution in [-0.2, 0) is 6.61 Å². The summed E-state index contributed by atoms with van der Waals surface area (Å²) in [5.41, 5.74) is 1.65. The second-order valence-corrected chi connectivity index (χ2v) is 5.41.